The summed E-state index contributed by atoms with van der Waals surface area (Å²) >= 11 is 9.84. The molecule has 0 spiro atoms. The van der Waals surface area contributed by atoms with Crippen molar-refractivity contribution in [2.24, 2.45) is 0 Å². The van der Waals surface area contributed by atoms with Crippen LogP contribution in [0, 0.1) is 6.92 Å². The fourth-order valence-corrected chi connectivity index (χ4v) is 3.20. The fourth-order valence-electron chi connectivity index (χ4n) is 2.37. The summed E-state index contributed by atoms with van der Waals surface area (Å²) in [5.41, 5.74) is 2.08. The molecule has 1 fully saturated rings. The molecule has 3 nitrogen and oxygen atoms in total. The first-order chi connectivity index (χ1) is 8.68. The van der Waals surface area contributed by atoms with Crippen molar-refractivity contribution >= 4 is 38.4 Å². The monoisotopic (exact) mass is 328 g/mol. The zero-order valence-electron chi connectivity index (χ0n) is 10.1. The van der Waals surface area contributed by atoms with Gasteiger partial charge in [-0.2, -0.15) is 5.10 Å². The molecule has 2 heterocycles. The Morgan fingerprint density at radius 1 is 1.50 bits per heavy atom. The van der Waals surface area contributed by atoms with E-state index < -0.39 is 0 Å². The van der Waals surface area contributed by atoms with E-state index in [1.54, 1.807) is 0 Å². The SMILES string of the molecule is Cc1c(Cl)cc2c(cnn2C2CCCCO2)c1Br. The van der Waals surface area contributed by atoms with Crippen molar-refractivity contribution in [2.75, 3.05) is 6.61 Å². The van der Waals surface area contributed by atoms with Crippen LogP contribution in [0.25, 0.3) is 10.9 Å². The molecule has 0 saturated carbocycles. The average molecular weight is 330 g/mol. The topological polar surface area (TPSA) is 27.1 Å². The van der Waals surface area contributed by atoms with Crippen molar-refractivity contribution in [3.63, 3.8) is 0 Å². The maximum absolute atomic E-state index is 6.25. The highest BCUT2D eigenvalue weighted by Gasteiger charge is 2.20. The van der Waals surface area contributed by atoms with Gasteiger partial charge in [-0.25, -0.2) is 4.68 Å². The third-order valence-corrected chi connectivity index (χ3v) is 4.86. The quantitative estimate of drug-likeness (QED) is 0.772. The molecule has 0 radical (unpaired) electrons. The molecular formula is C13H14BrClN2O. The number of nitrogens with zero attached hydrogens (tertiary/aromatic N) is 2. The van der Waals surface area contributed by atoms with Crippen LogP contribution in [-0.4, -0.2) is 16.4 Å². The molecule has 0 N–H and O–H groups in total. The number of halogens is 2. The summed E-state index contributed by atoms with van der Waals surface area (Å²) in [5.74, 6) is 0. The third-order valence-electron chi connectivity index (χ3n) is 3.45. The first-order valence-corrected chi connectivity index (χ1v) is 7.29. The molecule has 3 rings (SSSR count). The van der Waals surface area contributed by atoms with Crippen LogP contribution in [0.4, 0.5) is 0 Å². The highest BCUT2D eigenvalue weighted by atomic mass is 79.9. The van der Waals surface area contributed by atoms with Crippen LogP contribution in [0.1, 0.15) is 31.1 Å². The molecule has 1 aliphatic heterocycles. The maximum atomic E-state index is 6.25. The molecule has 1 atom stereocenters. The van der Waals surface area contributed by atoms with Gasteiger partial charge in [-0.05, 0) is 53.7 Å². The number of ether oxygens (including phenoxy) is 1. The van der Waals surface area contributed by atoms with Crippen LogP contribution >= 0.6 is 27.5 Å². The molecule has 1 aromatic heterocycles. The van der Waals surface area contributed by atoms with Gasteiger partial charge in [0.05, 0.1) is 11.7 Å². The van der Waals surface area contributed by atoms with E-state index in [-0.39, 0.29) is 6.23 Å². The van der Waals surface area contributed by atoms with Gasteiger partial charge in [0.25, 0.3) is 0 Å². The standard InChI is InChI=1S/C13H14BrClN2O/c1-8-10(15)6-11-9(13(8)14)7-16-17(11)12-4-2-3-5-18-12/h6-7,12H,2-5H2,1H3. The molecule has 0 amide bonds. The lowest BCUT2D eigenvalue weighted by Gasteiger charge is -2.23. The molecule has 0 aliphatic carbocycles. The highest BCUT2D eigenvalue weighted by molar-refractivity contribution is 9.10. The van der Waals surface area contributed by atoms with Gasteiger partial charge in [0.1, 0.15) is 0 Å². The molecule has 2 aromatic rings. The molecule has 0 bridgehead atoms. The second-order valence-electron chi connectivity index (χ2n) is 4.64. The van der Waals surface area contributed by atoms with Gasteiger partial charge in [-0.15, -0.1) is 0 Å². The van der Waals surface area contributed by atoms with E-state index >= 15 is 0 Å². The van der Waals surface area contributed by atoms with Crippen LogP contribution in [0.5, 0.6) is 0 Å². The summed E-state index contributed by atoms with van der Waals surface area (Å²) in [7, 11) is 0. The normalized spacial score (nSPS) is 20.5. The van der Waals surface area contributed by atoms with Crippen LogP contribution in [0.2, 0.25) is 5.02 Å². The number of fused-ring (bicyclic) bond motifs is 1. The van der Waals surface area contributed by atoms with Crippen molar-refractivity contribution in [1.29, 1.82) is 0 Å². The number of aromatic nitrogens is 2. The summed E-state index contributed by atoms with van der Waals surface area (Å²) < 4.78 is 8.75. The summed E-state index contributed by atoms with van der Waals surface area (Å²) in [4.78, 5) is 0. The predicted molar refractivity (Wildman–Crippen MR) is 76.0 cm³/mol. The Hall–Kier alpha value is -0.580. The predicted octanol–water partition coefficient (Wildman–Crippen LogP) is 4.46. The van der Waals surface area contributed by atoms with Crippen LogP contribution in [0.15, 0.2) is 16.7 Å². The number of benzene rings is 1. The summed E-state index contributed by atoms with van der Waals surface area (Å²) in [6, 6.07) is 1.97. The molecular weight excluding hydrogens is 316 g/mol. The first kappa shape index (κ1) is 12.5. The summed E-state index contributed by atoms with van der Waals surface area (Å²) in [6.45, 7) is 2.81. The van der Waals surface area contributed by atoms with Crippen LogP contribution in [0.3, 0.4) is 0 Å². The minimum Gasteiger partial charge on any atom is -0.356 e. The second kappa shape index (κ2) is 4.83. The van der Waals surface area contributed by atoms with E-state index in [0.717, 1.165) is 45.4 Å². The van der Waals surface area contributed by atoms with Crippen molar-refractivity contribution in [1.82, 2.24) is 9.78 Å². The Balaban J connectivity index is 2.13. The van der Waals surface area contributed by atoms with Gasteiger partial charge in [-0.1, -0.05) is 11.6 Å². The van der Waals surface area contributed by atoms with Crippen molar-refractivity contribution < 1.29 is 4.74 Å². The Bertz CT molecular complexity index is 590. The summed E-state index contributed by atoms with van der Waals surface area (Å²) in [6.07, 6.45) is 5.26. The minimum absolute atomic E-state index is 0.0434. The summed E-state index contributed by atoms with van der Waals surface area (Å²) in [5, 5.41) is 6.31. The lowest BCUT2D eigenvalue weighted by Crippen LogP contribution is -2.18. The second-order valence-corrected chi connectivity index (χ2v) is 5.84. The maximum Gasteiger partial charge on any atom is 0.150 e. The van der Waals surface area contributed by atoms with E-state index in [2.05, 4.69) is 21.0 Å². The van der Waals surface area contributed by atoms with Crippen LogP contribution < -0.4 is 0 Å². The zero-order valence-corrected chi connectivity index (χ0v) is 12.5. The first-order valence-electron chi connectivity index (χ1n) is 6.12. The van der Waals surface area contributed by atoms with Gasteiger partial charge >= 0.3 is 0 Å². The number of hydrogen-bond acceptors (Lipinski definition) is 2. The lowest BCUT2D eigenvalue weighted by molar-refractivity contribution is -0.0366. The van der Waals surface area contributed by atoms with E-state index in [0.29, 0.717) is 0 Å². The zero-order chi connectivity index (χ0) is 12.7. The van der Waals surface area contributed by atoms with E-state index in [9.17, 15) is 0 Å². The van der Waals surface area contributed by atoms with E-state index in [1.165, 1.54) is 6.42 Å². The van der Waals surface area contributed by atoms with Gasteiger partial charge in [0.2, 0.25) is 0 Å². The van der Waals surface area contributed by atoms with Crippen molar-refractivity contribution in [3.8, 4) is 0 Å². The van der Waals surface area contributed by atoms with E-state index in [1.807, 2.05) is 23.9 Å². The number of hydrogen-bond donors (Lipinski definition) is 0. The van der Waals surface area contributed by atoms with Gasteiger partial charge in [-0.3, -0.25) is 0 Å². The van der Waals surface area contributed by atoms with Gasteiger partial charge in [0, 0.05) is 21.5 Å². The Kier molecular flexibility index (Phi) is 3.34. The molecule has 5 heteroatoms. The van der Waals surface area contributed by atoms with Crippen LogP contribution in [-0.2, 0) is 4.74 Å². The Morgan fingerprint density at radius 2 is 2.33 bits per heavy atom. The molecule has 1 saturated heterocycles. The Labute approximate surface area is 119 Å². The van der Waals surface area contributed by atoms with Gasteiger partial charge < -0.3 is 4.74 Å². The lowest BCUT2D eigenvalue weighted by atomic mass is 10.1. The third kappa shape index (κ3) is 1.96. The molecule has 1 aliphatic rings. The smallest absolute Gasteiger partial charge is 0.150 e. The fraction of sp³-hybridized carbons (Fsp3) is 0.462. The van der Waals surface area contributed by atoms with Crippen molar-refractivity contribution in [2.45, 2.75) is 32.4 Å². The molecule has 96 valence electrons. The Morgan fingerprint density at radius 3 is 3.06 bits per heavy atom. The molecule has 1 unspecified atom stereocenters. The minimum atomic E-state index is 0.0434. The number of rotatable bonds is 1. The van der Waals surface area contributed by atoms with Crippen molar-refractivity contribution in [3.05, 3.63) is 27.3 Å². The van der Waals surface area contributed by atoms with E-state index in [4.69, 9.17) is 16.3 Å². The highest BCUT2D eigenvalue weighted by Crippen LogP contribution is 2.35. The molecule has 18 heavy (non-hydrogen) atoms. The average Bonchev–Trinajstić information content (AvgIpc) is 2.81. The largest absolute Gasteiger partial charge is 0.356 e. The van der Waals surface area contributed by atoms with Gasteiger partial charge in [0.15, 0.2) is 6.23 Å². The molecule has 1 aromatic carbocycles.